The lowest BCUT2D eigenvalue weighted by Crippen LogP contribution is -2.33. The lowest BCUT2D eigenvalue weighted by molar-refractivity contribution is -0.139. The minimum absolute atomic E-state index is 0.524. The summed E-state index contributed by atoms with van der Waals surface area (Å²) in [6.07, 6.45) is 0.942. The predicted octanol–water partition coefficient (Wildman–Crippen LogP) is 1.18. The van der Waals surface area contributed by atoms with Gasteiger partial charge in [-0.3, -0.25) is 4.79 Å². The average Bonchev–Trinajstić information content (AvgIpc) is 2.72. The molecule has 1 aliphatic rings. The van der Waals surface area contributed by atoms with E-state index in [4.69, 9.17) is 9.84 Å². The Kier molecular flexibility index (Phi) is 3.10. The second-order valence-electron chi connectivity index (χ2n) is 3.98. The highest BCUT2D eigenvalue weighted by Crippen LogP contribution is 2.25. The number of benzene rings is 1. The van der Waals surface area contributed by atoms with Crippen molar-refractivity contribution in [3.8, 4) is 5.75 Å². The minimum atomic E-state index is -0.829. The van der Waals surface area contributed by atoms with E-state index in [0.29, 0.717) is 6.54 Å². The molecule has 0 amide bonds. The maximum absolute atomic E-state index is 10.6. The summed E-state index contributed by atoms with van der Waals surface area (Å²) in [4.78, 5) is 10.6. The van der Waals surface area contributed by atoms with Crippen LogP contribution in [0.2, 0.25) is 0 Å². The van der Waals surface area contributed by atoms with Crippen molar-refractivity contribution in [2.75, 3.05) is 6.61 Å². The highest BCUT2D eigenvalue weighted by Gasteiger charge is 2.13. The molecule has 0 saturated heterocycles. The highest BCUT2D eigenvalue weighted by molar-refractivity contribution is 5.72. The average molecular weight is 221 g/mol. The van der Waals surface area contributed by atoms with E-state index in [-0.39, 0.29) is 0 Å². The van der Waals surface area contributed by atoms with Crippen molar-refractivity contribution in [1.29, 1.82) is 0 Å². The smallest absolute Gasteiger partial charge is 0.320 e. The van der Waals surface area contributed by atoms with Gasteiger partial charge in [-0.05, 0) is 24.1 Å². The van der Waals surface area contributed by atoms with Crippen molar-refractivity contribution >= 4 is 5.97 Å². The fraction of sp³-hybridized carbons (Fsp3) is 0.417. The van der Waals surface area contributed by atoms with Gasteiger partial charge in [0, 0.05) is 13.0 Å². The van der Waals surface area contributed by atoms with E-state index in [2.05, 4.69) is 11.4 Å². The number of fused-ring (bicyclic) bond motifs is 1. The summed E-state index contributed by atoms with van der Waals surface area (Å²) >= 11 is 0. The van der Waals surface area contributed by atoms with Crippen molar-refractivity contribution in [2.24, 2.45) is 0 Å². The monoisotopic (exact) mass is 221 g/mol. The quantitative estimate of drug-likeness (QED) is 0.801. The van der Waals surface area contributed by atoms with Gasteiger partial charge in [0.2, 0.25) is 0 Å². The number of carboxylic acid groups (broad SMARTS) is 1. The molecule has 0 radical (unpaired) electrons. The number of ether oxygens (including phenoxy) is 1. The normalized spacial score (nSPS) is 15.3. The molecule has 1 unspecified atom stereocenters. The molecular weight excluding hydrogens is 206 g/mol. The molecule has 1 aliphatic heterocycles. The first-order valence-corrected chi connectivity index (χ1v) is 5.37. The molecule has 0 fully saturated rings. The van der Waals surface area contributed by atoms with E-state index in [0.717, 1.165) is 24.3 Å². The summed E-state index contributed by atoms with van der Waals surface area (Å²) in [6.45, 7) is 2.96. The van der Waals surface area contributed by atoms with Gasteiger partial charge in [0.1, 0.15) is 11.8 Å². The number of nitrogens with one attached hydrogen (secondary N) is 1. The standard InChI is InChI=1S/C12H15NO3/c1-8(12(14)15)13-7-9-2-3-11-10(6-9)4-5-16-11/h2-3,6,8,13H,4-5,7H2,1H3,(H,14,15). The van der Waals surface area contributed by atoms with Crippen LogP contribution >= 0.6 is 0 Å². The van der Waals surface area contributed by atoms with Crippen molar-refractivity contribution in [1.82, 2.24) is 5.32 Å². The van der Waals surface area contributed by atoms with Crippen molar-refractivity contribution < 1.29 is 14.6 Å². The molecule has 0 bridgehead atoms. The largest absolute Gasteiger partial charge is 0.493 e. The number of carboxylic acids is 1. The van der Waals surface area contributed by atoms with E-state index in [1.165, 1.54) is 5.56 Å². The first kappa shape index (κ1) is 11.0. The van der Waals surface area contributed by atoms with Crippen LogP contribution in [-0.4, -0.2) is 23.7 Å². The lowest BCUT2D eigenvalue weighted by atomic mass is 10.1. The Morgan fingerprint density at radius 1 is 1.62 bits per heavy atom. The van der Waals surface area contributed by atoms with Crippen LogP contribution in [0.3, 0.4) is 0 Å². The van der Waals surface area contributed by atoms with Crippen LogP contribution in [-0.2, 0) is 17.8 Å². The molecule has 2 rings (SSSR count). The maximum Gasteiger partial charge on any atom is 0.320 e. The molecule has 2 N–H and O–H groups in total. The summed E-state index contributed by atoms with van der Waals surface area (Å²) < 4.78 is 5.40. The van der Waals surface area contributed by atoms with Crippen molar-refractivity contribution in [3.63, 3.8) is 0 Å². The van der Waals surface area contributed by atoms with Crippen LogP contribution < -0.4 is 10.1 Å². The Balaban J connectivity index is 1.98. The van der Waals surface area contributed by atoms with Gasteiger partial charge in [0.25, 0.3) is 0 Å². The Bertz CT molecular complexity index is 403. The number of hydrogen-bond acceptors (Lipinski definition) is 3. The minimum Gasteiger partial charge on any atom is -0.493 e. The van der Waals surface area contributed by atoms with Crippen molar-refractivity contribution in [3.05, 3.63) is 29.3 Å². The van der Waals surface area contributed by atoms with Gasteiger partial charge in [0.05, 0.1) is 6.61 Å². The number of rotatable bonds is 4. The predicted molar refractivity (Wildman–Crippen MR) is 59.6 cm³/mol. The van der Waals surface area contributed by atoms with Gasteiger partial charge in [-0.1, -0.05) is 12.1 Å². The van der Waals surface area contributed by atoms with Gasteiger partial charge in [-0.15, -0.1) is 0 Å². The topological polar surface area (TPSA) is 58.6 Å². The first-order valence-electron chi connectivity index (χ1n) is 5.37. The zero-order valence-corrected chi connectivity index (χ0v) is 9.19. The molecule has 86 valence electrons. The first-order chi connectivity index (χ1) is 7.66. The third-order valence-electron chi connectivity index (χ3n) is 2.74. The third kappa shape index (κ3) is 2.33. The second kappa shape index (κ2) is 4.53. The molecule has 0 spiro atoms. The number of hydrogen-bond donors (Lipinski definition) is 2. The molecule has 4 heteroatoms. The van der Waals surface area contributed by atoms with Gasteiger partial charge < -0.3 is 15.2 Å². The molecule has 4 nitrogen and oxygen atoms in total. The van der Waals surface area contributed by atoms with Crippen LogP contribution in [0.5, 0.6) is 5.75 Å². The van der Waals surface area contributed by atoms with Crippen LogP contribution in [0.1, 0.15) is 18.1 Å². The van der Waals surface area contributed by atoms with E-state index in [1.54, 1.807) is 6.92 Å². The SMILES string of the molecule is CC(NCc1ccc2c(c1)CCO2)C(=O)O. The molecule has 1 atom stereocenters. The molecule has 0 aliphatic carbocycles. The summed E-state index contributed by atoms with van der Waals surface area (Å²) in [5.41, 5.74) is 2.31. The fourth-order valence-corrected chi connectivity index (χ4v) is 1.71. The van der Waals surface area contributed by atoms with Crippen LogP contribution in [0.4, 0.5) is 0 Å². The van der Waals surface area contributed by atoms with Crippen LogP contribution in [0.15, 0.2) is 18.2 Å². The zero-order valence-electron chi connectivity index (χ0n) is 9.19. The molecule has 1 aromatic carbocycles. The van der Waals surface area contributed by atoms with E-state index in [9.17, 15) is 4.79 Å². The van der Waals surface area contributed by atoms with Gasteiger partial charge >= 0.3 is 5.97 Å². The highest BCUT2D eigenvalue weighted by atomic mass is 16.5. The van der Waals surface area contributed by atoms with E-state index >= 15 is 0 Å². The summed E-state index contributed by atoms with van der Waals surface area (Å²) in [7, 11) is 0. The third-order valence-corrected chi connectivity index (χ3v) is 2.74. The molecule has 16 heavy (non-hydrogen) atoms. The Morgan fingerprint density at radius 3 is 3.19 bits per heavy atom. The fourth-order valence-electron chi connectivity index (χ4n) is 1.71. The Morgan fingerprint density at radius 2 is 2.44 bits per heavy atom. The number of aliphatic carboxylic acids is 1. The van der Waals surface area contributed by atoms with Gasteiger partial charge in [0.15, 0.2) is 0 Å². The second-order valence-corrected chi connectivity index (χ2v) is 3.98. The van der Waals surface area contributed by atoms with Crippen LogP contribution in [0, 0.1) is 0 Å². The summed E-state index contributed by atoms with van der Waals surface area (Å²) in [5, 5.41) is 11.7. The molecule has 0 saturated carbocycles. The van der Waals surface area contributed by atoms with Crippen LogP contribution in [0.25, 0.3) is 0 Å². The summed E-state index contributed by atoms with van der Waals surface area (Å²) in [6, 6.07) is 5.46. The molecule has 1 aromatic rings. The molecule has 0 aromatic heterocycles. The Labute approximate surface area is 94.2 Å². The Hall–Kier alpha value is -1.55. The van der Waals surface area contributed by atoms with E-state index in [1.807, 2.05) is 12.1 Å². The van der Waals surface area contributed by atoms with E-state index < -0.39 is 12.0 Å². The van der Waals surface area contributed by atoms with Crippen molar-refractivity contribution in [2.45, 2.75) is 25.9 Å². The number of carbonyl (C=O) groups is 1. The molecule has 1 heterocycles. The zero-order chi connectivity index (χ0) is 11.5. The molecular formula is C12H15NO3. The maximum atomic E-state index is 10.6. The van der Waals surface area contributed by atoms with Gasteiger partial charge in [-0.25, -0.2) is 0 Å². The lowest BCUT2D eigenvalue weighted by Gasteiger charge is -2.09. The summed E-state index contributed by atoms with van der Waals surface area (Å²) in [5.74, 6) is 0.125. The van der Waals surface area contributed by atoms with Gasteiger partial charge in [-0.2, -0.15) is 0 Å².